The van der Waals surface area contributed by atoms with Crippen LogP contribution < -0.4 is 0 Å². The lowest BCUT2D eigenvalue weighted by Gasteiger charge is -2.47. The van der Waals surface area contributed by atoms with Gasteiger partial charge >= 0.3 is 0 Å². The summed E-state index contributed by atoms with van der Waals surface area (Å²) in [4.78, 5) is 21.1. The second-order valence-corrected chi connectivity index (χ2v) is 9.12. The maximum Gasteiger partial charge on any atom is 0.248 e. The highest BCUT2D eigenvalue weighted by atomic mass is 32.2. The average Bonchev–Trinajstić information content (AvgIpc) is 3.22. The lowest BCUT2D eigenvalue weighted by atomic mass is 9.93. The third-order valence-electron chi connectivity index (χ3n) is 5.43. The molecule has 5 nitrogen and oxygen atoms in total. The third kappa shape index (κ3) is 4.01. The van der Waals surface area contributed by atoms with E-state index < -0.39 is 0 Å². The van der Waals surface area contributed by atoms with Crippen LogP contribution in [0.15, 0.2) is 18.2 Å². The molecule has 1 aromatic rings. The van der Waals surface area contributed by atoms with Crippen LogP contribution in [0.3, 0.4) is 0 Å². The van der Waals surface area contributed by atoms with E-state index in [1.807, 2.05) is 29.7 Å². The molecule has 0 N–H and O–H groups in total. The lowest BCUT2D eigenvalue weighted by molar-refractivity contribution is -0.136. The van der Waals surface area contributed by atoms with E-state index in [0.717, 1.165) is 69.1 Å². The Morgan fingerprint density at radius 3 is 2.92 bits per heavy atom. The Bertz CT molecular complexity index is 627. The Kier molecular flexibility index (Phi) is 5.02. The number of aryl methyl sites for hydroxylation is 1. The van der Waals surface area contributed by atoms with Gasteiger partial charge in [0.2, 0.25) is 5.91 Å². The van der Waals surface area contributed by atoms with Gasteiger partial charge in [-0.1, -0.05) is 6.07 Å². The van der Waals surface area contributed by atoms with Gasteiger partial charge in [0.15, 0.2) is 0 Å². The maximum absolute atomic E-state index is 12.1. The molecular formula is C19H27N3O2S. The minimum absolute atomic E-state index is 0.171. The standard InChI is InChI=1S/C19H27N3O2S/c1-15-5-4-6-16(20-15)10-21-13-19(14-21)9-17(12-25-19)24-11-18(23)22-7-2-3-8-22/h4-6,17H,2-3,7-14H2,1H3. The Hall–Kier alpha value is -1.11. The van der Waals surface area contributed by atoms with Crippen molar-refractivity contribution in [3.8, 4) is 0 Å². The summed E-state index contributed by atoms with van der Waals surface area (Å²) in [6.45, 7) is 7.27. The Morgan fingerprint density at radius 2 is 2.16 bits per heavy atom. The van der Waals surface area contributed by atoms with Gasteiger partial charge in [0, 0.05) is 48.9 Å². The summed E-state index contributed by atoms with van der Waals surface area (Å²) in [5.41, 5.74) is 2.24. The first kappa shape index (κ1) is 17.3. The van der Waals surface area contributed by atoms with Crippen LogP contribution in [0.4, 0.5) is 0 Å². The minimum Gasteiger partial charge on any atom is -0.367 e. The predicted octanol–water partition coefficient (Wildman–Crippen LogP) is 2.09. The first-order valence-corrected chi connectivity index (χ1v) is 10.3. The molecule has 1 atom stereocenters. The zero-order valence-electron chi connectivity index (χ0n) is 14.9. The van der Waals surface area contributed by atoms with Gasteiger partial charge in [-0.05, 0) is 38.3 Å². The Balaban J connectivity index is 1.20. The predicted molar refractivity (Wildman–Crippen MR) is 99.6 cm³/mol. The van der Waals surface area contributed by atoms with Crippen LogP contribution in [0.1, 0.15) is 30.7 Å². The van der Waals surface area contributed by atoms with Crippen LogP contribution in [0.5, 0.6) is 0 Å². The molecule has 3 saturated heterocycles. The highest BCUT2D eigenvalue weighted by Gasteiger charge is 2.49. The highest BCUT2D eigenvalue weighted by Crippen LogP contribution is 2.46. The highest BCUT2D eigenvalue weighted by molar-refractivity contribution is 8.01. The molecule has 6 heteroatoms. The fourth-order valence-corrected chi connectivity index (χ4v) is 5.78. The van der Waals surface area contributed by atoms with Crippen LogP contribution in [0.2, 0.25) is 0 Å². The number of nitrogens with zero attached hydrogens (tertiary/aromatic N) is 3. The molecule has 1 unspecified atom stereocenters. The molecule has 1 spiro atoms. The SMILES string of the molecule is Cc1cccc(CN2CC3(CC(OCC(=O)N4CCCC4)CS3)C2)n1. The van der Waals surface area contributed by atoms with Gasteiger partial charge in [0.1, 0.15) is 6.61 Å². The van der Waals surface area contributed by atoms with Crippen LogP contribution in [-0.4, -0.2) is 70.1 Å². The molecule has 1 aromatic heterocycles. The molecule has 4 heterocycles. The topological polar surface area (TPSA) is 45.7 Å². The van der Waals surface area contributed by atoms with Crippen molar-refractivity contribution in [1.82, 2.24) is 14.8 Å². The maximum atomic E-state index is 12.1. The number of hydrogen-bond donors (Lipinski definition) is 0. The molecule has 3 fully saturated rings. The molecule has 0 aromatic carbocycles. The Labute approximate surface area is 154 Å². The second kappa shape index (κ2) is 7.25. The van der Waals surface area contributed by atoms with Crippen molar-refractivity contribution in [3.05, 3.63) is 29.6 Å². The van der Waals surface area contributed by atoms with E-state index in [0.29, 0.717) is 4.75 Å². The fourth-order valence-electron chi connectivity index (χ4n) is 4.17. The molecule has 25 heavy (non-hydrogen) atoms. The van der Waals surface area contributed by atoms with E-state index in [1.54, 1.807) is 0 Å². The average molecular weight is 362 g/mol. The van der Waals surface area contributed by atoms with Gasteiger partial charge < -0.3 is 9.64 Å². The van der Waals surface area contributed by atoms with E-state index in [-0.39, 0.29) is 18.6 Å². The number of carbonyl (C=O) groups is 1. The first-order chi connectivity index (χ1) is 12.1. The summed E-state index contributed by atoms with van der Waals surface area (Å²) in [5.74, 6) is 1.19. The summed E-state index contributed by atoms with van der Waals surface area (Å²) < 4.78 is 6.27. The van der Waals surface area contributed by atoms with Gasteiger partial charge in [-0.3, -0.25) is 14.7 Å². The smallest absolute Gasteiger partial charge is 0.248 e. The van der Waals surface area contributed by atoms with Gasteiger partial charge in [0.05, 0.1) is 11.8 Å². The number of carbonyl (C=O) groups excluding carboxylic acids is 1. The molecule has 136 valence electrons. The second-order valence-electron chi connectivity index (χ2n) is 7.63. The van der Waals surface area contributed by atoms with Crippen LogP contribution in [0, 0.1) is 6.92 Å². The molecule has 3 aliphatic rings. The molecule has 1 amide bonds. The Morgan fingerprint density at radius 1 is 1.36 bits per heavy atom. The van der Waals surface area contributed by atoms with Crippen LogP contribution >= 0.6 is 11.8 Å². The van der Waals surface area contributed by atoms with E-state index >= 15 is 0 Å². The lowest BCUT2D eigenvalue weighted by Crippen LogP contribution is -2.58. The summed E-state index contributed by atoms with van der Waals surface area (Å²) >= 11 is 2.03. The first-order valence-electron chi connectivity index (χ1n) is 9.30. The van der Waals surface area contributed by atoms with Crippen LogP contribution in [0.25, 0.3) is 0 Å². The summed E-state index contributed by atoms with van der Waals surface area (Å²) in [6.07, 6.45) is 3.58. The van der Waals surface area contributed by atoms with Gasteiger partial charge in [0.25, 0.3) is 0 Å². The molecule has 3 aliphatic heterocycles. The summed E-state index contributed by atoms with van der Waals surface area (Å²) in [6, 6.07) is 6.23. The normalized spacial score (nSPS) is 25.5. The number of rotatable bonds is 5. The van der Waals surface area contributed by atoms with Crippen molar-refractivity contribution in [3.63, 3.8) is 0 Å². The van der Waals surface area contributed by atoms with Crippen molar-refractivity contribution in [1.29, 1.82) is 0 Å². The minimum atomic E-state index is 0.171. The van der Waals surface area contributed by atoms with Crippen molar-refractivity contribution < 1.29 is 9.53 Å². The number of pyridine rings is 1. The summed E-state index contributed by atoms with van der Waals surface area (Å²) in [5, 5.41) is 0. The summed E-state index contributed by atoms with van der Waals surface area (Å²) in [7, 11) is 0. The van der Waals surface area contributed by atoms with Gasteiger partial charge in [-0.2, -0.15) is 0 Å². The third-order valence-corrected chi connectivity index (χ3v) is 7.01. The number of ether oxygens (including phenoxy) is 1. The quantitative estimate of drug-likeness (QED) is 0.804. The van der Waals surface area contributed by atoms with Gasteiger partial charge in [-0.25, -0.2) is 0 Å². The number of aromatic nitrogens is 1. The van der Waals surface area contributed by atoms with Crippen molar-refractivity contribution in [2.75, 3.05) is 38.5 Å². The van der Waals surface area contributed by atoms with Crippen molar-refractivity contribution in [2.45, 2.75) is 43.6 Å². The zero-order valence-corrected chi connectivity index (χ0v) is 15.8. The molecule has 0 radical (unpaired) electrons. The zero-order chi connectivity index (χ0) is 17.3. The molecular weight excluding hydrogens is 334 g/mol. The molecule has 4 rings (SSSR count). The monoisotopic (exact) mass is 361 g/mol. The van der Waals surface area contributed by atoms with Gasteiger partial charge in [-0.15, -0.1) is 11.8 Å². The number of hydrogen-bond acceptors (Lipinski definition) is 5. The van der Waals surface area contributed by atoms with E-state index in [1.165, 1.54) is 0 Å². The van der Waals surface area contributed by atoms with E-state index in [4.69, 9.17) is 4.74 Å². The number of amides is 1. The largest absolute Gasteiger partial charge is 0.367 e. The van der Waals surface area contributed by atoms with E-state index in [2.05, 4.69) is 22.0 Å². The number of thioether (sulfide) groups is 1. The van der Waals surface area contributed by atoms with Crippen molar-refractivity contribution >= 4 is 17.7 Å². The van der Waals surface area contributed by atoms with E-state index in [9.17, 15) is 4.79 Å². The number of likely N-dealkylation sites (tertiary alicyclic amines) is 2. The van der Waals surface area contributed by atoms with Crippen molar-refractivity contribution in [2.24, 2.45) is 0 Å². The van der Waals surface area contributed by atoms with Crippen LogP contribution in [-0.2, 0) is 16.1 Å². The molecule has 0 aliphatic carbocycles. The molecule has 0 saturated carbocycles. The molecule has 0 bridgehead atoms. The fraction of sp³-hybridized carbons (Fsp3) is 0.684.